The fraction of sp³-hybridized carbons (Fsp3) is 0.105. The predicted octanol–water partition coefficient (Wildman–Crippen LogP) is 4.62. The smallest absolute Gasteiger partial charge is 0.162 e. The Morgan fingerprint density at radius 3 is 2.33 bits per heavy atom. The van der Waals surface area contributed by atoms with E-state index in [9.17, 15) is 0 Å². The zero-order chi connectivity index (χ0) is 16.9. The third-order valence-electron chi connectivity index (χ3n) is 3.49. The van der Waals surface area contributed by atoms with Crippen LogP contribution in [0, 0.1) is 0 Å². The van der Waals surface area contributed by atoms with Gasteiger partial charge in [-0.2, -0.15) is 0 Å². The van der Waals surface area contributed by atoms with Gasteiger partial charge in [0.05, 0.1) is 24.4 Å². The molecule has 0 amide bonds. The molecule has 0 saturated carbocycles. The normalized spacial score (nSPS) is 11.6. The number of benzene rings is 2. The Labute approximate surface area is 144 Å². The Balaban J connectivity index is 1.78. The van der Waals surface area contributed by atoms with Gasteiger partial charge in [-0.05, 0) is 23.8 Å². The van der Waals surface area contributed by atoms with Gasteiger partial charge in [0.25, 0.3) is 0 Å². The molecule has 0 atom stereocenters. The van der Waals surface area contributed by atoms with Crippen molar-refractivity contribution in [2.45, 2.75) is 0 Å². The first kappa shape index (κ1) is 16.1. The highest BCUT2D eigenvalue weighted by Crippen LogP contribution is 2.34. The second-order valence-electron chi connectivity index (χ2n) is 5.11. The standard InChI is InChI=1S/C19H18N2O2S/c1-22-16-11-15-18(12-17(16)23-2)24-19(21-15)6-4-3-5-13-7-9-14(20)10-8-13/h3-12H,20H2,1-2H3/b5-3+,6-4+. The first-order chi connectivity index (χ1) is 11.7. The molecule has 0 aliphatic carbocycles. The molecular weight excluding hydrogens is 320 g/mol. The molecule has 3 rings (SSSR count). The summed E-state index contributed by atoms with van der Waals surface area (Å²) in [4.78, 5) is 4.60. The van der Waals surface area contributed by atoms with Gasteiger partial charge in [0.2, 0.25) is 0 Å². The zero-order valence-corrected chi connectivity index (χ0v) is 14.3. The van der Waals surface area contributed by atoms with E-state index in [1.807, 2.05) is 60.7 Å². The van der Waals surface area contributed by atoms with E-state index >= 15 is 0 Å². The van der Waals surface area contributed by atoms with Gasteiger partial charge in [0, 0.05) is 17.8 Å². The van der Waals surface area contributed by atoms with Crippen molar-refractivity contribution in [2.75, 3.05) is 20.0 Å². The Bertz CT molecular complexity index is 855. The molecule has 5 heteroatoms. The van der Waals surface area contributed by atoms with Gasteiger partial charge >= 0.3 is 0 Å². The van der Waals surface area contributed by atoms with Gasteiger partial charge in [0.15, 0.2) is 11.5 Å². The number of nitrogens with zero attached hydrogens (tertiary/aromatic N) is 1. The van der Waals surface area contributed by atoms with Gasteiger partial charge in [-0.15, -0.1) is 11.3 Å². The lowest BCUT2D eigenvalue weighted by Gasteiger charge is -2.05. The molecule has 0 fully saturated rings. The minimum atomic E-state index is 0.689. The summed E-state index contributed by atoms with van der Waals surface area (Å²) in [6.07, 6.45) is 7.97. The van der Waals surface area contributed by atoms with Crippen molar-refractivity contribution in [3.05, 3.63) is 59.1 Å². The highest BCUT2D eigenvalue weighted by Gasteiger charge is 2.09. The molecule has 0 saturated heterocycles. The van der Waals surface area contributed by atoms with Crippen LogP contribution in [-0.4, -0.2) is 19.2 Å². The summed E-state index contributed by atoms with van der Waals surface area (Å²) in [6, 6.07) is 11.6. The first-order valence-electron chi connectivity index (χ1n) is 7.42. The second-order valence-corrected chi connectivity index (χ2v) is 6.17. The fourth-order valence-corrected chi connectivity index (χ4v) is 3.15. The molecule has 0 aliphatic heterocycles. The topological polar surface area (TPSA) is 57.4 Å². The Morgan fingerprint density at radius 1 is 0.958 bits per heavy atom. The highest BCUT2D eigenvalue weighted by atomic mass is 32.1. The molecule has 1 heterocycles. The maximum absolute atomic E-state index is 5.67. The van der Waals surface area contributed by atoms with E-state index in [0.717, 1.165) is 26.5 Å². The van der Waals surface area contributed by atoms with E-state index in [4.69, 9.17) is 15.2 Å². The number of methoxy groups -OCH3 is 2. The number of ether oxygens (including phenoxy) is 2. The number of thiazole rings is 1. The van der Waals surface area contributed by atoms with Crippen LogP contribution in [0.2, 0.25) is 0 Å². The SMILES string of the molecule is COc1cc2nc(/C=C/C=C/c3ccc(N)cc3)sc2cc1OC. The number of hydrogen-bond donors (Lipinski definition) is 1. The minimum absolute atomic E-state index is 0.689. The molecule has 0 unspecified atom stereocenters. The van der Waals surface area contributed by atoms with Crippen molar-refractivity contribution < 1.29 is 9.47 Å². The van der Waals surface area contributed by atoms with Crippen LogP contribution in [0.1, 0.15) is 10.6 Å². The third kappa shape index (κ3) is 3.58. The molecule has 122 valence electrons. The molecule has 0 aliphatic rings. The van der Waals surface area contributed by atoms with Crippen LogP contribution in [-0.2, 0) is 0 Å². The fourth-order valence-electron chi connectivity index (χ4n) is 2.26. The molecule has 1 aromatic heterocycles. The van der Waals surface area contributed by atoms with Gasteiger partial charge in [0.1, 0.15) is 5.01 Å². The van der Waals surface area contributed by atoms with E-state index in [2.05, 4.69) is 4.98 Å². The molecule has 4 nitrogen and oxygen atoms in total. The van der Waals surface area contributed by atoms with E-state index in [-0.39, 0.29) is 0 Å². The maximum Gasteiger partial charge on any atom is 0.162 e. The Hall–Kier alpha value is -2.79. The number of nitrogens with two attached hydrogens (primary N) is 1. The van der Waals surface area contributed by atoms with Crippen LogP contribution in [0.3, 0.4) is 0 Å². The molecule has 0 spiro atoms. The van der Waals surface area contributed by atoms with Gasteiger partial charge < -0.3 is 15.2 Å². The largest absolute Gasteiger partial charge is 0.493 e. The number of allylic oxidation sites excluding steroid dienone is 2. The van der Waals surface area contributed by atoms with Gasteiger partial charge in [-0.25, -0.2) is 4.98 Å². The van der Waals surface area contributed by atoms with Crippen LogP contribution in [0.4, 0.5) is 5.69 Å². The first-order valence-corrected chi connectivity index (χ1v) is 8.24. The molecule has 24 heavy (non-hydrogen) atoms. The molecule has 0 bridgehead atoms. The van der Waals surface area contributed by atoms with Crippen LogP contribution in [0.25, 0.3) is 22.4 Å². The maximum atomic E-state index is 5.67. The highest BCUT2D eigenvalue weighted by molar-refractivity contribution is 7.19. The Morgan fingerprint density at radius 2 is 1.62 bits per heavy atom. The van der Waals surface area contributed by atoms with Crippen molar-refractivity contribution in [3.63, 3.8) is 0 Å². The van der Waals surface area contributed by atoms with E-state index in [1.165, 1.54) is 0 Å². The number of anilines is 1. The minimum Gasteiger partial charge on any atom is -0.493 e. The van der Waals surface area contributed by atoms with Gasteiger partial charge in [-0.1, -0.05) is 30.4 Å². The zero-order valence-electron chi connectivity index (χ0n) is 13.5. The molecule has 3 aromatic rings. The summed E-state index contributed by atoms with van der Waals surface area (Å²) in [7, 11) is 3.26. The lowest BCUT2D eigenvalue weighted by Crippen LogP contribution is -1.89. The summed E-state index contributed by atoms with van der Waals surface area (Å²) in [5.41, 5.74) is 8.45. The van der Waals surface area contributed by atoms with Crippen LogP contribution in [0.15, 0.2) is 48.6 Å². The lowest BCUT2D eigenvalue weighted by molar-refractivity contribution is 0.356. The number of rotatable bonds is 5. The summed E-state index contributed by atoms with van der Waals surface area (Å²) < 4.78 is 11.7. The van der Waals surface area contributed by atoms with E-state index in [1.54, 1.807) is 25.6 Å². The number of hydrogen-bond acceptors (Lipinski definition) is 5. The van der Waals surface area contributed by atoms with Crippen LogP contribution >= 0.6 is 11.3 Å². The van der Waals surface area contributed by atoms with E-state index in [0.29, 0.717) is 11.5 Å². The monoisotopic (exact) mass is 338 g/mol. The second kappa shape index (κ2) is 7.19. The molecule has 2 N–H and O–H groups in total. The number of fused-ring (bicyclic) bond motifs is 1. The van der Waals surface area contributed by atoms with Crippen molar-refractivity contribution in [2.24, 2.45) is 0 Å². The molecule has 2 aromatic carbocycles. The summed E-state index contributed by atoms with van der Waals surface area (Å²) in [5.74, 6) is 1.40. The Kier molecular flexibility index (Phi) is 4.82. The van der Waals surface area contributed by atoms with Crippen molar-refractivity contribution >= 4 is 39.4 Å². The summed E-state index contributed by atoms with van der Waals surface area (Å²) >= 11 is 1.61. The van der Waals surface area contributed by atoms with Crippen molar-refractivity contribution in [3.8, 4) is 11.5 Å². The number of aromatic nitrogens is 1. The third-order valence-corrected chi connectivity index (χ3v) is 4.47. The summed E-state index contributed by atoms with van der Waals surface area (Å²) in [5, 5.41) is 0.933. The number of nitrogen functional groups attached to an aromatic ring is 1. The van der Waals surface area contributed by atoms with E-state index < -0.39 is 0 Å². The lowest BCUT2D eigenvalue weighted by atomic mass is 10.2. The average molecular weight is 338 g/mol. The quantitative estimate of drug-likeness (QED) is 0.545. The molecular formula is C19H18N2O2S. The molecule has 0 radical (unpaired) electrons. The average Bonchev–Trinajstić information content (AvgIpc) is 3.00. The van der Waals surface area contributed by atoms with Gasteiger partial charge in [-0.3, -0.25) is 0 Å². The predicted molar refractivity (Wildman–Crippen MR) is 102 cm³/mol. The van der Waals surface area contributed by atoms with Crippen molar-refractivity contribution in [1.82, 2.24) is 4.98 Å². The van der Waals surface area contributed by atoms with Crippen LogP contribution in [0.5, 0.6) is 11.5 Å². The summed E-state index contributed by atoms with van der Waals surface area (Å²) in [6.45, 7) is 0. The van der Waals surface area contributed by atoms with Crippen LogP contribution < -0.4 is 15.2 Å². The van der Waals surface area contributed by atoms with Crippen molar-refractivity contribution in [1.29, 1.82) is 0 Å².